The van der Waals surface area contributed by atoms with Gasteiger partial charge in [-0.05, 0) is 64.2 Å². The number of aromatic hydroxyl groups is 1. The average molecular weight is 467 g/mol. The highest BCUT2D eigenvalue weighted by molar-refractivity contribution is 6.32. The Morgan fingerprint density at radius 3 is 2.25 bits per heavy atom. The minimum absolute atomic E-state index is 0.0611. The smallest absolute Gasteiger partial charge is 0.407 e. The van der Waals surface area contributed by atoms with Crippen molar-refractivity contribution in [3.05, 3.63) is 28.8 Å². The molecule has 178 valence electrons. The highest BCUT2D eigenvalue weighted by atomic mass is 35.5. The van der Waals surface area contributed by atoms with E-state index in [1.54, 1.807) is 17.0 Å². The Morgan fingerprint density at radius 2 is 1.75 bits per heavy atom. The van der Waals surface area contributed by atoms with E-state index in [-0.39, 0.29) is 22.7 Å². The fourth-order valence-electron chi connectivity index (χ4n) is 5.36. The van der Waals surface area contributed by atoms with Crippen molar-refractivity contribution in [2.45, 2.75) is 88.8 Å². The molecule has 1 aliphatic heterocycles. The molecule has 7 nitrogen and oxygen atoms in total. The maximum Gasteiger partial charge on any atom is 0.407 e. The summed E-state index contributed by atoms with van der Waals surface area (Å²) in [6.45, 7) is 6.50. The number of nitrogens with zero attached hydrogens (tertiary/aromatic N) is 2. The minimum atomic E-state index is -1.16. The zero-order valence-electron chi connectivity index (χ0n) is 19.2. The number of phenols is 1. The molecule has 32 heavy (non-hydrogen) atoms. The van der Waals surface area contributed by atoms with E-state index in [0.29, 0.717) is 44.3 Å². The van der Waals surface area contributed by atoms with Crippen molar-refractivity contribution < 1.29 is 24.9 Å². The van der Waals surface area contributed by atoms with Crippen LogP contribution in [-0.2, 0) is 4.79 Å². The van der Waals surface area contributed by atoms with Gasteiger partial charge < -0.3 is 25.1 Å². The lowest BCUT2D eigenvalue weighted by molar-refractivity contribution is -0.143. The molecule has 0 bridgehead atoms. The number of hydrogen-bond acceptors (Lipinski definition) is 4. The van der Waals surface area contributed by atoms with Gasteiger partial charge in [0.25, 0.3) is 0 Å². The monoisotopic (exact) mass is 466 g/mol. The molecule has 1 aromatic rings. The van der Waals surface area contributed by atoms with E-state index >= 15 is 0 Å². The first-order valence-corrected chi connectivity index (χ1v) is 11.8. The van der Waals surface area contributed by atoms with Crippen LogP contribution in [0.2, 0.25) is 5.02 Å². The first-order chi connectivity index (χ1) is 14.9. The third-order valence-electron chi connectivity index (χ3n) is 6.88. The highest BCUT2D eigenvalue weighted by Gasteiger charge is 2.46. The first-order valence-electron chi connectivity index (χ1n) is 11.5. The molecular formula is C24H35ClN2O5. The van der Waals surface area contributed by atoms with E-state index in [0.717, 1.165) is 19.3 Å². The molecule has 1 unspecified atom stereocenters. The molecule has 1 atom stereocenters. The Balaban J connectivity index is 1.83. The zero-order valence-corrected chi connectivity index (χ0v) is 19.9. The summed E-state index contributed by atoms with van der Waals surface area (Å²) >= 11 is 6.14. The van der Waals surface area contributed by atoms with E-state index in [1.807, 2.05) is 20.8 Å². The molecule has 0 radical (unpaired) electrons. The van der Waals surface area contributed by atoms with Crippen LogP contribution in [0.5, 0.6) is 5.75 Å². The summed E-state index contributed by atoms with van der Waals surface area (Å²) in [6, 6.07) is 4.54. The molecule has 1 heterocycles. The summed E-state index contributed by atoms with van der Waals surface area (Å²) < 4.78 is 0. The standard InChI is InChI=1S/C24H35ClN2O5/c1-23(2,3)27(22(30)31)17-9-13-26(14-10-17)21(29)20(24(32)11-5-4-6-12-24)16-7-8-19(28)18(25)15-16/h7-8,15,17,20,28,32H,4-6,9-14H2,1-3H3,(H,30,31). The second-order valence-corrected chi connectivity index (χ2v) is 10.6. The van der Waals surface area contributed by atoms with Gasteiger partial charge in [-0.3, -0.25) is 4.79 Å². The quantitative estimate of drug-likeness (QED) is 0.602. The molecule has 8 heteroatoms. The molecule has 2 fully saturated rings. The van der Waals surface area contributed by atoms with Gasteiger partial charge in [0, 0.05) is 24.7 Å². The number of carbonyl (C=O) groups is 2. The van der Waals surface area contributed by atoms with Crippen LogP contribution in [0.25, 0.3) is 0 Å². The van der Waals surface area contributed by atoms with Gasteiger partial charge in [-0.1, -0.05) is 36.9 Å². The van der Waals surface area contributed by atoms with Crippen molar-refractivity contribution in [2.24, 2.45) is 0 Å². The Hall–Kier alpha value is -1.99. The summed E-state index contributed by atoms with van der Waals surface area (Å²) in [5, 5.41) is 31.2. The van der Waals surface area contributed by atoms with Crippen molar-refractivity contribution in [3.8, 4) is 5.75 Å². The molecule has 0 spiro atoms. The fraction of sp³-hybridized carbons (Fsp3) is 0.667. The normalized spacial score (nSPS) is 20.6. The number of hydrogen-bond donors (Lipinski definition) is 3. The molecule has 2 amide bonds. The topological polar surface area (TPSA) is 101 Å². The Bertz CT molecular complexity index is 839. The summed E-state index contributed by atoms with van der Waals surface area (Å²) in [5.74, 6) is -0.989. The van der Waals surface area contributed by atoms with Gasteiger partial charge in [-0.15, -0.1) is 0 Å². The van der Waals surface area contributed by atoms with Crippen molar-refractivity contribution >= 4 is 23.6 Å². The Kier molecular flexibility index (Phi) is 7.30. The summed E-state index contributed by atoms with van der Waals surface area (Å²) in [4.78, 5) is 28.8. The number of likely N-dealkylation sites (tertiary alicyclic amines) is 1. The average Bonchev–Trinajstić information content (AvgIpc) is 2.70. The molecule has 1 saturated heterocycles. The van der Waals surface area contributed by atoms with E-state index in [4.69, 9.17) is 11.6 Å². The van der Waals surface area contributed by atoms with Crippen molar-refractivity contribution in [1.82, 2.24) is 9.80 Å². The molecule has 3 N–H and O–H groups in total. The third-order valence-corrected chi connectivity index (χ3v) is 7.18. The van der Waals surface area contributed by atoms with Crippen LogP contribution in [0.4, 0.5) is 4.79 Å². The molecule has 3 rings (SSSR count). The number of phenolic OH excluding ortho intramolecular Hbond substituents is 1. The van der Waals surface area contributed by atoms with Crippen molar-refractivity contribution in [1.29, 1.82) is 0 Å². The number of amides is 2. The lowest BCUT2D eigenvalue weighted by Crippen LogP contribution is -2.56. The highest BCUT2D eigenvalue weighted by Crippen LogP contribution is 2.43. The molecular weight excluding hydrogens is 432 g/mol. The maximum absolute atomic E-state index is 13.7. The lowest BCUT2D eigenvalue weighted by Gasteiger charge is -2.45. The summed E-state index contributed by atoms with van der Waals surface area (Å²) in [5.41, 5.74) is -1.08. The fourth-order valence-corrected chi connectivity index (χ4v) is 5.54. The van der Waals surface area contributed by atoms with Gasteiger partial charge in [-0.2, -0.15) is 0 Å². The second-order valence-electron chi connectivity index (χ2n) is 10.2. The van der Waals surface area contributed by atoms with Gasteiger partial charge in [0.1, 0.15) is 5.75 Å². The van der Waals surface area contributed by atoms with Gasteiger partial charge in [0.15, 0.2) is 0 Å². The predicted molar refractivity (Wildman–Crippen MR) is 123 cm³/mol. The van der Waals surface area contributed by atoms with Crippen molar-refractivity contribution in [2.75, 3.05) is 13.1 Å². The van der Waals surface area contributed by atoms with Gasteiger partial charge >= 0.3 is 6.09 Å². The summed E-state index contributed by atoms with van der Waals surface area (Å²) in [7, 11) is 0. The van der Waals surface area contributed by atoms with Crippen LogP contribution >= 0.6 is 11.6 Å². The predicted octanol–water partition coefficient (Wildman–Crippen LogP) is 4.59. The number of rotatable bonds is 4. The van der Waals surface area contributed by atoms with Crippen LogP contribution in [0.3, 0.4) is 0 Å². The molecule has 0 aromatic heterocycles. The SMILES string of the molecule is CC(C)(C)N(C(=O)O)C1CCN(C(=O)C(c2ccc(O)c(Cl)c2)C2(O)CCCCC2)CC1. The third kappa shape index (κ3) is 5.15. The number of halogens is 1. The van der Waals surface area contributed by atoms with Gasteiger partial charge in [0.05, 0.1) is 16.5 Å². The van der Waals surface area contributed by atoms with Crippen LogP contribution in [-0.4, -0.2) is 67.4 Å². The first kappa shape index (κ1) is 24.6. The Morgan fingerprint density at radius 1 is 1.16 bits per heavy atom. The van der Waals surface area contributed by atoms with E-state index < -0.39 is 23.2 Å². The van der Waals surface area contributed by atoms with E-state index in [2.05, 4.69) is 0 Å². The maximum atomic E-state index is 13.7. The van der Waals surface area contributed by atoms with Crippen LogP contribution in [0.1, 0.15) is 77.2 Å². The van der Waals surface area contributed by atoms with Crippen LogP contribution < -0.4 is 0 Å². The minimum Gasteiger partial charge on any atom is -0.506 e. The lowest BCUT2D eigenvalue weighted by atomic mass is 9.72. The molecule has 1 saturated carbocycles. The van der Waals surface area contributed by atoms with Crippen LogP contribution in [0.15, 0.2) is 18.2 Å². The van der Waals surface area contributed by atoms with Crippen molar-refractivity contribution in [3.63, 3.8) is 0 Å². The number of aliphatic hydroxyl groups is 1. The Labute approximate surface area is 195 Å². The largest absolute Gasteiger partial charge is 0.506 e. The van der Waals surface area contributed by atoms with Crippen LogP contribution in [0, 0.1) is 0 Å². The van der Waals surface area contributed by atoms with Gasteiger partial charge in [0.2, 0.25) is 5.91 Å². The van der Waals surface area contributed by atoms with Gasteiger partial charge in [-0.25, -0.2) is 4.79 Å². The number of piperidine rings is 1. The number of carbonyl (C=O) groups excluding carboxylic acids is 1. The zero-order chi connectivity index (χ0) is 23.7. The molecule has 1 aliphatic carbocycles. The number of carboxylic acid groups (broad SMARTS) is 1. The van der Waals surface area contributed by atoms with E-state index in [9.17, 15) is 24.9 Å². The van der Waals surface area contributed by atoms with E-state index in [1.165, 1.54) is 11.0 Å². The second kappa shape index (κ2) is 9.48. The summed E-state index contributed by atoms with van der Waals surface area (Å²) in [6.07, 6.45) is 3.97. The molecule has 1 aromatic carbocycles. The molecule has 2 aliphatic rings. The number of benzene rings is 1.